The number of carbonyl (C=O) groups is 2. The number of rotatable bonds is 4. The highest BCUT2D eigenvalue weighted by Crippen LogP contribution is 2.27. The van der Waals surface area contributed by atoms with Crippen molar-refractivity contribution in [1.82, 2.24) is 10.2 Å². The van der Waals surface area contributed by atoms with Crippen molar-refractivity contribution in [3.8, 4) is 17.2 Å². The van der Waals surface area contributed by atoms with Crippen LogP contribution in [-0.4, -0.2) is 28.7 Å². The standard InChI is InChI=1S/C18H14N4O3/c1-11(23)25-10-17(24)20-18-15-6-5-14(8-16(15)21-22-18)13-4-2-3-12(7-13)9-19/h2-8H,10H2,1H3,(H2,20,21,22,24). The van der Waals surface area contributed by atoms with Crippen LogP contribution < -0.4 is 5.32 Å². The molecule has 3 rings (SSSR count). The summed E-state index contributed by atoms with van der Waals surface area (Å²) in [6.07, 6.45) is 0. The van der Waals surface area contributed by atoms with Crippen LogP contribution in [0.3, 0.4) is 0 Å². The van der Waals surface area contributed by atoms with E-state index in [1.807, 2.05) is 30.3 Å². The van der Waals surface area contributed by atoms with Gasteiger partial charge >= 0.3 is 5.97 Å². The SMILES string of the molecule is CC(=O)OCC(=O)Nc1n[nH]c2cc(-c3cccc(C#N)c3)ccc12. The van der Waals surface area contributed by atoms with E-state index in [0.29, 0.717) is 11.4 Å². The van der Waals surface area contributed by atoms with E-state index in [-0.39, 0.29) is 6.61 Å². The van der Waals surface area contributed by atoms with Crippen LogP contribution in [0, 0.1) is 11.3 Å². The lowest BCUT2D eigenvalue weighted by Gasteiger charge is -2.04. The first-order valence-electron chi connectivity index (χ1n) is 7.48. The second-order valence-electron chi connectivity index (χ2n) is 5.35. The van der Waals surface area contributed by atoms with Gasteiger partial charge in [-0.1, -0.05) is 18.2 Å². The van der Waals surface area contributed by atoms with Gasteiger partial charge in [-0.2, -0.15) is 10.4 Å². The number of esters is 1. The lowest BCUT2D eigenvalue weighted by Crippen LogP contribution is -2.20. The Morgan fingerprint density at radius 3 is 2.80 bits per heavy atom. The minimum Gasteiger partial charge on any atom is -0.456 e. The first-order valence-corrected chi connectivity index (χ1v) is 7.48. The molecule has 1 amide bonds. The van der Waals surface area contributed by atoms with E-state index < -0.39 is 11.9 Å². The Morgan fingerprint density at radius 1 is 1.24 bits per heavy atom. The zero-order valence-electron chi connectivity index (χ0n) is 13.4. The van der Waals surface area contributed by atoms with Gasteiger partial charge in [0.05, 0.1) is 17.1 Å². The van der Waals surface area contributed by atoms with Crippen molar-refractivity contribution in [3.05, 3.63) is 48.0 Å². The number of aromatic nitrogens is 2. The van der Waals surface area contributed by atoms with Gasteiger partial charge in [0.2, 0.25) is 0 Å². The van der Waals surface area contributed by atoms with E-state index in [0.717, 1.165) is 22.0 Å². The van der Waals surface area contributed by atoms with Crippen LogP contribution in [0.1, 0.15) is 12.5 Å². The van der Waals surface area contributed by atoms with Gasteiger partial charge in [-0.3, -0.25) is 14.7 Å². The van der Waals surface area contributed by atoms with Crippen LogP contribution in [0.25, 0.3) is 22.0 Å². The minimum atomic E-state index is -0.522. The van der Waals surface area contributed by atoms with Gasteiger partial charge in [0, 0.05) is 12.3 Å². The summed E-state index contributed by atoms with van der Waals surface area (Å²) in [6.45, 7) is 0.878. The van der Waals surface area contributed by atoms with Crippen LogP contribution in [-0.2, 0) is 14.3 Å². The summed E-state index contributed by atoms with van der Waals surface area (Å²) < 4.78 is 4.65. The Balaban J connectivity index is 1.85. The predicted octanol–water partition coefficient (Wildman–Crippen LogP) is 2.60. The van der Waals surface area contributed by atoms with E-state index in [1.54, 1.807) is 12.1 Å². The third-order valence-corrected chi connectivity index (χ3v) is 3.55. The number of benzene rings is 2. The van der Waals surface area contributed by atoms with E-state index in [4.69, 9.17) is 5.26 Å². The monoisotopic (exact) mass is 334 g/mol. The lowest BCUT2D eigenvalue weighted by molar-refractivity contribution is -0.144. The molecule has 25 heavy (non-hydrogen) atoms. The van der Waals surface area contributed by atoms with Crippen molar-refractivity contribution >= 4 is 28.6 Å². The molecular weight excluding hydrogens is 320 g/mol. The molecule has 0 atom stereocenters. The Hall–Kier alpha value is -3.66. The van der Waals surface area contributed by atoms with Crippen LogP contribution in [0.2, 0.25) is 0 Å². The molecule has 0 bridgehead atoms. The Kier molecular flexibility index (Phi) is 4.44. The van der Waals surface area contributed by atoms with Crippen LogP contribution in [0.15, 0.2) is 42.5 Å². The number of carbonyl (C=O) groups excluding carboxylic acids is 2. The highest BCUT2D eigenvalue weighted by Gasteiger charge is 2.11. The number of aromatic amines is 1. The van der Waals surface area contributed by atoms with Crippen molar-refractivity contribution in [2.45, 2.75) is 6.92 Å². The Morgan fingerprint density at radius 2 is 2.04 bits per heavy atom. The number of ether oxygens (including phenoxy) is 1. The summed E-state index contributed by atoms with van der Waals surface area (Å²) >= 11 is 0. The summed E-state index contributed by atoms with van der Waals surface area (Å²) in [7, 11) is 0. The molecule has 3 aromatic rings. The molecule has 1 heterocycles. The van der Waals surface area contributed by atoms with E-state index in [9.17, 15) is 9.59 Å². The smallest absolute Gasteiger partial charge is 0.303 e. The Bertz CT molecular complexity index is 1000. The number of nitrogens with zero attached hydrogens (tertiary/aromatic N) is 2. The number of amides is 1. The second kappa shape index (κ2) is 6.84. The average Bonchev–Trinajstić information content (AvgIpc) is 3.02. The first-order chi connectivity index (χ1) is 12.1. The molecule has 0 aliphatic carbocycles. The summed E-state index contributed by atoms with van der Waals surface area (Å²) in [5.41, 5.74) is 3.16. The second-order valence-corrected chi connectivity index (χ2v) is 5.35. The maximum absolute atomic E-state index is 11.7. The summed E-state index contributed by atoms with van der Waals surface area (Å²) in [5, 5.41) is 19.3. The van der Waals surface area contributed by atoms with Gasteiger partial charge in [-0.05, 0) is 35.4 Å². The fourth-order valence-corrected chi connectivity index (χ4v) is 2.40. The molecule has 7 nitrogen and oxygen atoms in total. The molecule has 2 N–H and O–H groups in total. The highest BCUT2D eigenvalue weighted by molar-refractivity contribution is 6.01. The molecule has 0 saturated heterocycles. The highest BCUT2D eigenvalue weighted by atomic mass is 16.5. The predicted molar refractivity (Wildman–Crippen MR) is 91.5 cm³/mol. The largest absolute Gasteiger partial charge is 0.456 e. The van der Waals surface area contributed by atoms with Crippen LogP contribution in [0.4, 0.5) is 5.82 Å². The first kappa shape index (κ1) is 16.2. The summed E-state index contributed by atoms with van der Waals surface area (Å²) in [5.74, 6) is -0.620. The molecule has 0 unspecified atom stereocenters. The topological polar surface area (TPSA) is 108 Å². The minimum absolute atomic E-state index is 0.358. The maximum atomic E-state index is 11.7. The molecule has 7 heteroatoms. The van der Waals surface area contributed by atoms with E-state index >= 15 is 0 Å². The van der Waals surface area contributed by atoms with Crippen molar-refractivity contribution in [2.75, 3.05) is 11.9 Å². The van der Waals surface area contributed by atoms with Gasteiger partial charge in [-0.15, -0.1) is 0 Å². The molecule has 0 fully saturated rings. The third kappa shape index (κ3) is 3.64. The molecule has 0 aliphatic rings. The van der Waals surface area contributed by atoms with E-state index in [2.05, 4.69) is 26.3 Å². The third-order valence-electron chi connectivity index (χ3n) is 3.55. The molecular formula is C18H14N4O3. The molecule has 1 aromatic heterocycles. The van der Waals surface area contributed by atoms with Gasteiger partial charge < -0.3 is 10.1 Å². The zero-order chi connectivity index (χ0) is 17.8. The van der Waals surface area contributed by atoms with Gasteiger partial charge in [0.15, 0.2) is 12.4 Å². The molecule has 0 radical (unpaired) electrons. The van der Waals surface area contributed by atoms with Crippen molar-refractivity contribution in [2.24, 2.45) is 0 Å². The number of H-pyrrole nitrogens is 1. The molecule has 2 aromatic carbocycles. The maximum Gasteiger partial charge on any atom is 0.303 e. The van der Waals surface area contributed by atoms with Crippen LogP contribution >= 0.6 is 0 Å². The zero-order valence-corrected chi connectivity index (χ0v) is 13.4. The summed E-state index contributed by atoms with van der Waals surface area (Å²) in [4.78, 5) is 22.5. The number of hydrogen-bond acceptors (Lipinski definition) is 5. The van der Waals surface area contributed by atoms with Gasteiger partial charge in [0.1, 0.15) is 0 Å². The van der Waals surface area contributed by atoms with Gasteiger partial charge in [0.25, 0.3) is 5.91 Å². The fourth-order valence-electron chi connectivity index (χ4n) is 2.40. The number of hydrogen-bond donors (Lipinski definition) is 2. The van der Waals surface area contributed by atoms with Crippen molar-refractivity contribution in [3.63, 3.8) is 0 Å². The van der Waals surface area contributed by atoms with E-state index in [1.165, 1.54) is 6.92 Å². The van der Waals surface area contributed by atoms with Crippen LogP contribution in [0.5, 0.6) is 0 Å². The molecule has 124 valence electrons. The number of fused-ring (bicyclic) bond motifs is 1. The fraction of sp³-hybridized carbons (Fsp3) is 0.111. The quantitative estimate of drug-likeness (QED) is 0.713. The summed E-state index contributed by atoms with van der Waals surface area (Å²) in [6, 6.07) is 15.0. The molecule has 0 aliphatic heterocycles. The average molecular weight is 334 g/mol. The Labute approximate surface area is 143 Å². The normalized spacial score (nSPS) is 10.2. The number of nitrogens with one attached hydrogen (secondary N) is 2. The number of nitriles is 1. The lowest BCUT2D eigenvalue weighted by atomic mass is 10.0. The molecule has 0 saturated carbocycles. The van der Waals surface area contributed by atoms with Crippen molar-refractivity contribution < 1.29 is 14.3 Å². The number of anilines is 1. The molecule has 0 spiro atoms. The van der Waals surface area contributed by atoms with Gasteiger partial charge in [-0.25, -0.2) is 0 Å². The van der Waals surface area contributed by atoms with Crippen molar-refractivity contribution in [1.29, 1.82) is 5.26 Å².